The van der Waals surface area contributed by atoms with Gasteiger partial charge in [-0.3, -0.25) is 5.43 Å². The fraction of sp³-hybridized carbons (Fsp3) is 0.200. The summed E-state index contributed by atoms with van der Waals surface area (Å²) in [7, 11) is 0. The Bertz CT molecular complexity index is 589. The molecule has 0 radical (unpaired) electrons. The molecule has 0 bridgehead atoms. The zero-order valence-corrected chi connectivity index (χ0v) is 12.2. The Morgan fingerprint density at radius 3 is 2.65 bits per heavy atom. The number of rotatable bonds is 5. The zero-order valence-electron chi connectivity index (χ0n) is 11.4. The molecule has 0 unspecified atom stereocenters. The van der Waals surface area contributed by atoms with Gasteiger partial charge in [0.25, 0.3) is 0 Å². The summed E-state index contributed by atoms with van der Waals surface area (Å²) in [6.07, 6.45) is 0. The van der Waals surface area contributed by atoms with Crippen LogP contribution in [0.4, 0.5) is 5.69 Å². The zero-order chi connectivity index (χ0) is 14.4. The number of nitrogens with one attached hydrogen (secondary N) is 1. The minimum atomic E-state index is -0.308. The maximum Gasteiger partial charge on any atom is 0.338 e. The van der Waals surface area contributed by atoms with Gasteiger partial charge in [-0.15, -0.1) is 11.3 Å². The van der Waals surface area contributed by atoms with Crippen molar-refractivity contribution in [2.75, 3.05) is 12.0 Å². The predicted molar refractivity (Wildman–Crippen MR) is 82.6 cm³/mol. The van der Waals surface area contributed by atoms with Crippen molar-refractivity contribution in [3.05, 3.63) is 52.2 Å². The van der Waals surface area contributed by atoms with E-state index in [0.717, 1.165) is 16.3 Å². The Morgan fingerprint density at radius 2 is 2.05 bits per heavy atom. The van der Waals surface area contributed by atoms with Gasteiger partial charge < -0.3 is 4.74 Å². The molecule has 0 atom stereocenters. The number of nitrogens with zero attached hydrogens (tertiary/aromatic N) is 1. The van der Waals surface area contributed by atoms with Crippen molar-refractivity contribution in [2.24, 2.45) is 5.10 Å². The summed E-state index contributed by atoms with van der Waals surface area (Å²) in [5.41, 5.74) is 5.26. The lowest BCUT2D eigenvalue weighted by atomic mass is 10.2. The summed E-state index contributed by atoms with van der Waals surface area (Å²) in [5.74, 6) is -0.308. The summed E-state index contributed by atoms with van der Waals surface area (Å²) in [5, 5.41) is 6.32. The number of hydrogen-bond acceptors (Lipinski definition) is 5. The van der Waals surface area contributed by atoms with Gasteiger partial charge in [-0.05, 0) is 49.6 Å². The molecule has 0 amide bonds. The minimum absolute atomic E-state index is 0.308. The molecule has 104 valence electrons. The fourth-order valence-corrected chi connectivity index (χ4v) is 2.26. The monoisotopic (exact) mass is 288 g/mol. The molecule has 0 saturated carbocycles. The molecule has 0 aliphatic carbocycles. The molecule has 2 aromatic rings. The quantitative estimate of drug-likeness (QED) is 0.518. The fourth-order valence-electron chi connectivity index (χ4n) is 1.58. The topological polar surface area (TPSA) is 50.7 Å². The lowest BCUT2D eigenvalue weighted by Gasteiger charge is -2.04. The maximum absolute atomic E-state index is 11.5. The summed E-state index contributed by atoms with van der Waals surface area (Å²) in [6, 6.07) is 11.1. The van der Waals surface area contributed by atoms with E-state index in [4.69, 9.17) is 4.74 Å². The third-order valence-corrected chi connectivity index (χ3v) is 3.61. The molecule has 1 aromatic heterocycles. The lowest BCUT2D eigenvalue weighted by molar-refractivity contribution is 0.0526. The molecule has 20 heavy (non-hydrogen) atoms. The molecular formula is C15H16N2O2S. The van der Waals surface area contributed by atoms with Crippen molar-refractivity contribution in [1.29, 1.82) is 0 Å². The van der Waals surface area contributed by atoms with Crippen LogP contribution in [0.1, 0.15) is 29.1 Å². The SMILES string of the molecule is CCOC(=O)c1ccc(N/N=C(\C)c2cccs2)cc1. The summed E-state index contributed by atoms with van der Waals surface area (Å²) < 4.78 is 4.93. The molecule has 0 saturated heterocycles. The number of carbonyl (C=O) groups excluding carboxylic acids is 1. The number of ether oxygens (including phenoxy) is 1. The largest absolute Gasteiger partial charge is 0.462 e. The van der Waals surface area contributed by atoms with Gasteiger partial charge >= 0.3 is 5.97 Å². The molecule has 1 heterocycles. The standard InChI is InChI=1S/C15H16N2O2S/c1-3-19-15(18)12-6-8-13(9-7-12)17-16-11(2)14-5-4-10-20-14/h4-10,17H,3H2,1-2H3/b16-11+. The molecule has 1 aromatic carbocycles. The number of carbonyl (C=O) groups is 1. The van der Waals surface area contributed by atoms with Crippen LogP contribution >= 0.6 is 11.3 Å². The number of thiophene rings is 1. The lowest BCUT2D eigenvalue weighted by Crippen LogP contribution is -2.04. The van der Waals surface area contributed by atoms with E-state index in [1.54, 1.807) is 42.5 Å². The van der Waals surface area contributed by atoms with Crippen LogP contribution < -0.4 is 5.43 Å². The van der Waals surface area contributed by atoms with Crippen LogP contribution in [0, 0.1) is 0 Å². The Kier molecular flexibility index (Phi) is 4.90. The average molecular weight is 288 g/mol. The van der Waals surface area contributed by atoms with Crippen LogP contribution in [-0.4, -0.2) is 18.3 Å². The second-order valence-electron chi connectivity index (χ2n) is 4.08. The molecule has 0 aliphatic rings. The third-order valence-electron chi connectivity index (χ3n) is 2.63. The summed E-state index contributed by atoms with van der Waals surface area (Å²) in [6.45, 7) is 4.12. The van der Waals surface area contributed by atoms with Gasteiger partial charge in [-0.25, -0.2) is 4.79 Å². The van der Waals surface area contributed by atoms with Crippen LogP contribution in [-0.2, 0) is 4.74 Å². The molecular weight excluding hydrogens is 272 g/mol. The van der Waals surface area contributed by atoms with Gasteiger partial charge in [-0.2, -0.15) is 5.10 Å². The van der Waals surface area contributed by atoms with Gasteiger partial charge in [0.1, 0.15) is 0 Å². The first kappa shape index (κ1) is 14.3. The van der Waals surface area contributed by atoms with E-state index in [2.05, 4.69) is 10.5 Å². The normalized spacial score (nSPS) is 11.2. The van der Waals surface area contributed by atoms with Crippen molar-refractivity contribution >= 4 is 28.7 Å². The molecule has 0 aliphatic heterocycles. The van der Waals surface area contributed by atoms with E-state index in [9.17, 15) is 4.79 Å². The van der Waals surface area contributed by atoms with Crippen molar-refractivity contribution < 1.29 is 9.53 Å². The maximum atomic E-state index is 11.5. The van der Waals surface area contributed by atoms with Crippen LogP contribution in [0.2, 0.25) is 0 Å². The van der Waals surface area contributed by atoms with Crippen molar-refractivity contribution in [2.45, 2.75) is 13.8 Å². The van der Waals surface area contributed by atoms with E-state index in [-0.39, 0.29) is 5.97 Å². The Labute approximate surface area is 122 Å². The van der Waals surface area contributed by atoms with Crippen LogP contribution in [0.3, 0.4) is 0 Å². The van der Waals surface area contributed by atoms with Crippen molar-refractivity contribution in [3.8, 4) is 0 Å². The highest BCUT2D eigenvalue weighted by molar-refractivity contribution is 7.12. The van der Waals surface area contributed by atoms with E-state index in [0.29, 0.717) is 12.2 Å². The highest BCUT2D eigenvalue weighted by Crippen LogP contribution is 2.13. The number of hydrazone groups is 1. The summed E-state index contributed by atoms with van der Waals surface area (Å²) >= 11 is 1.65. The van der Waals surface area contributed by atoms with Gasteiger partial charge in [0.2, 0.25) is 0 Å². The Hall–Kier alpha value is -2.14. The first-order valence-corrected chi connectivity index (χ1v) is 7.20. The van der Waals surface area contributed by atoms with E-state index < -0.39 is 0 Å². The molecule has 0 fully saturated rings. The molecule has 2 rings (SSSR count). The molecule has 5 heteroatoms. The minimum Gasteiger partial charge on any atom is -0.462 e. The molecule has 0 spiro atoms. The predicted octanol–water partition coefficient (Wildman–Crippen LogP) is 3.76. The van der Waals surface area contributed by atoms with Gasteiger partial charge in [0.15, 0.2) is 0 Å². The summed E-state index contributed by atoms with van der Waals surface area (Å²) in [4.78, 5) is 12.6. The second-order valence-corrected chi connectivity index (χ2v) is 5.03. The van der Waals surface area contributed by atoms with Crippen molar-refractivity contribution in [3.63, 3.8) is 0 Å². The third kappa shape index (κ3) is 3.68. The molecule has 4 nitrogen and oxygen atoms in total. The van der Waals surface area contributed by atoms with Crippen LogP contribution in [0.15, 0.2) is 46.9 Å². The van der Waals surface area contributed by atoms with Gasteiger partial charge in [0.05, 0.1) is 23.6 Å². The second kappa shape index (κ2) is 6.86. The van der Waals surface area contributed by atoms with E-state index in [1.165, 1.54) is 0 Å². The van der Waals surface area contributed by atoms with Crippen LogP contribution in [0.5, 0.6) is 0 Å². The Balaban J connectivity index is 2.01. The van der Waals surface area contributed by atoms with Crippen molar-refractivity contribution in [1.82, 2.24) is 0 Å². The van der Waals surface area contributed by atoms with Gasteiger partial charge in [0, 0.05) is 4.88 Å². The van der Waals surface area contributed by atoms with E-state index >= 15 is 0 Å². The van der Waals surface area contributed by atoms with Crippen LogP contribution in [0.25, 0.3) is 0 Å². The number of anilines is 1. The smallest absolute Gasteiger partial charge is 0.338 e. The first-order chi connectivity index (χ1) is 9.70. The number of benzene rings is 1. The highest BCUT2D eigenvalue weighted by atomic mass is 32.1. The first-order valence-electron chi connectivity index (χ1n) is 6.32. The Morgan fingerprint density at radius 1 is 1.30 bits per heavy atom. The van der Waals surface area contributed by atoms with E-state index in [1.807, 2.05) is 24.4 Å². The van der Waals surface area contributed by atoms with Gasteiger partial charge in [-0.1, -0.05) is 6.07 Å². The average Bonchev–Trinajstić information content (AvgIpc) is 3.00. The number of esters is 1. The molecule has 1 N–H and O–H groups in total. The highest BCUT2D eigenvalue weighted by Gasteiger charge is 2.05. The number of hydrogen-bond donors (Lipinski definition) is 1.